The number of nitrogens with one attached hydrogen (secondary N) is 2. The number of alkyl halides is 3. The monoisotopic (exact) mass is 465 g/mol. The third-order valence-electron chi connectivity index (χ3n) is 3.97. The van der Waals surface area contributed by atoms with Gasteiger partial charge in [0.25, 0.3) is 5.56 Å². The van der Waals surface area contributed by atoms with E-state index in [1.54, 1.807) is 18.2 Å². The van der Waals surface area contributed by atoms with Crippen molar-refractivity contribution in [2.45, 2.75) is 17.1 Å². The Labute approximate surface area is 181 Å². The fourth-order valence-electron chi connectivity index (χ4n) is 2.67. The Morgan fingerprint density at radius 2 is 1.87 bits per heavy atom. The zero-order valence-corrected chi connectivity index (χ0v) is 17.3. The average Bonchev–Trinajstić information content (AvgIpc) is 3.16. The number of H-pyrrole nitrogens is 1. The van der Waals surface area contributed by atoms with Crippen molar-refractivity contribution >= 4 is 44.8 Å². The summed E-state index contributed by atoms with van der Waals surface area (Å²) in [5, 5.41) is 12.1. The highest BCUT2D eigenvalue weighted by molar-refractivity contribution is 8.01. The summed E-state index contributed by atoms with van der Waals surface area (Å²) < 4.78 is 41.2. The number of benzene rings is 2. The molecule has 4 aromatic rings. The second-order valence-electron chi connectivity index (χ2n) is 6.20. The van der Waals surface area contributed by atoms with Gasteiger partial charge in [-0.3, -0.25) is 4.79 Å². The number of para-hydroxylation sites is 1. The first-order valence-electron chi connectivity index (χ1n) is 8.93. The molecule has 0 aliphatic rings. The number of ether oxygens (including phenoxy) is 1. The van der Waals surface area contributed by atoms with Crippen LogP contribution in [-0.4, -0.2) is 32.3 Å². The van der Waals surface area contributed by atoms with Crippen LogP contribution >= 0.6 is 23.1 Å². The third kappa shape index (κ3) is 5.73. The summed E-state index contributed by atoms with van der Waals surface area (Å²) in [5.41, 5.74) is 1.04. The second-order valence-corrected chi connectivity index (χ2v) is 8.52. The van der Waals surface area contributed by atoms with Crippen LogP contribution in [0.3, 0.4) is 0 Å². The average molecular weight is 465 g/mol. The summed E-state index contributed by atoms with van der Waals surface area (Å²) >= 11 is 2.77. The van der Waals surface area contributed by atoms with Crippen LogP contribution in [-0.2, 0) is 6.42 Å². The molecule has 0 spiro atoms. The number of anilines is 2. The van der Waals surface area contributed by atoms with Gasteiger partial charge in [-0.15, -0.1) is 23.4 Å². The lowest BCUT2D eigenvalue weighted by atomic mass is 10.2. The Kier molecular flexibility index (Phi) is 6.09. The standard InChI is InChI=1S/C19H14F3N5O2S2/c20-19(21,22)29-12-7-5-11(6-8-12)23-17-26-27-18(31-17)30-10-9-15-24-14-4-2-1-3-13(14)16(28)25-15/h1-8H,9-10H2,(H,23,26)(H,24,25,28). The van der Waals surface area contributed by atoms with Crippen molar-refractivity contribution in [3.05, 3.63) is 64.7 Å². The Morgan fingerprint density at radius 1 is 1.10 bits per heavy atom. The van der Waals surface area contributed by atoms with E-state index in [0.29, 0.717) is 44.1 Å². The lowest BCUT2D eigenvalue weighted by molar-refractivity contribution is -0.274. The van der Waals surface area contributed by atoms with Gasteiger partial charge in [-0.1, -0.05) is 35.2 Å². The molecule has 0 radical (unpaired) electrons. The Balaban J connectivity index is 1.32. The molecule has 4 rings (SSSR count). The highest BCUT2D eigenvalue weighted by atomic mass is 32.2. The van der Waals surface area contributed by atoms with Gasteiger partial charge in [-0.05, 0) is 36.4 Å². The summed E-state index contributed by atoms with van der Waals surface area (Å²) in [6, 6.07) is 12.5. The molecule has 31 heavy (non-hydrogen) atoms. The third-order valence-corrected chi connectivity index (χ3v) is 5.95. The molecule has 0 bridgehead atoms. The molecule has 0 aliphatic carbocycles. The number of rotatable bonds is 7. The van der Waals surface area contributed by atoms with E-state index in [1.807, 2.05) is 6.07 Å². The first kappa shape index (κ1) is 21.1. The van der Waals surface area contributed by atoms with Crippen molar-refractivity contribution in [3.63, 3.8) is 0 Å². The number of aromatic nitrogens is 4. The number of thioether (sulfide) groups is 1. The lowest BCUT2D eigenvalue weighted by Crippen LogP contribution is -2.16. The van der Waals surface area contributed by atoms with Gasteiger partial charge in [0.2, 0.25) is 5.13 Å². The predicted molar refractivity (Wildman–Crippen MR) is 113 cm³/mol. The van der Waals surface area contributed by atoms with Crippen LogP contribution < -0.4 is 15.6 Å². The summed E-state index contributed by atoms with van der Waals surface area (Å²) in [4.78, 5) is 19.4. The highest BCUT2D eigenvalue weighted by Gasteiger charge is 2.30. The molecule has 0 fully saturated rings. The summed E-state index contributed by atoms with van der Waals surface area (Å²) in [6.07, 6.45) is -4.18. The van der Waals surface area contributed by atoms with Gasteiger partial charge in [-0.25, -0.2) is 4.98 Å². The van der Waals surface area contributed by atoms with Crippen molar-refractivity contribution in [2.75, 3.05) is 11.1 Å². The molecule has 0 saturated carbocycles. The maximum absolute atomic E-state index is 12.2. The molecule has 0 amide bonds. The molecule has 2 aromatic carbocycles. The number of halogens is 3. The normalized spacial score (nSPS) is 11.6. The summed E-state index contributed by atoms with van der Waals surface area (Å²) in [5.74, 6) is 0.937. The molecule has 0 aliphatic heterocycles. The SMILES string of the molecule is O=c1[nH]c(CCSc2nnc(Nc3ccc(OC(F)(F)F)cc3)s2)nc2ccccc12. The number of aryl methyl sites for hydroxylation is 1. The minimum Gasteiger partial charge on any atom is -0.406 e. The van der Waals surface area contributed by atoms with E-state index < -0.39 is 6.36 Å². The van der Waals surface area contributed by atoms with E-state index >= 15 is 0 Å². The van der Waals surface area contributed by atoms with Crippen molar-refractivity contribution < 1.29 is 17.9 Å². The van der Waals surface area contributed by atoms with Crippen LogP contribution in [0.1, 0.15) is 5.82 Å². The first-order chi connectivity index (χ1) is 14.9. The molecular weight excluding hydrogens is 451 g/mol. The number of nitrogens with zero attached hydrogens (tertiary/aromatic N) is 3. The van der Waals surface area contributed by atoms with Crippen LogP contribution in [0.25, 0.3) is 10.9 Å². The largest absolute Gasteiger partial charge is 0.573 e. The van der Waals surface area contributed by atoms with Gasteiger partial charge in [0, 0.05) is 17.9 Å². The van der Waals surface area contributed by atoms with Gasteiger partial charge in [0.05, 0.1) is 10.9 Å². The Bertz CT molecular complexity index is 1240. The Hall–Kier alpha value is -3.12. The van der Waals surface area contributed by atoms with Gasteiger partial charge in [-0.2, -0.15) is 0 Å². The minimum atomic E-state index is -4.73. The molecule has 2 N–H and O–H groups in total. The number of aromatic amines is 1. The van der Waals surface area contributed by atoms with Gasteiger partial charge in [0.15, 0.2) is 4.34 Å². The molecule has 2 aromatic heterocycles. The maximum atomic E-state index is 12.2. The smallest absolute Gasteiger partial charge is 0.406 e. The second kappa shape index (κ2) is 8.94. The number of hydrogen-bond donors (Lipinski definition) is 2. The van der Waals surface area contributed by atoms with Crippen LogP contribution in [0.4, 0.5) is 24.0 Å². The molecule has 0 atom stereocenters. The molecule has 2 heterocycles. The van der Waals surface area contributed by atoms with Crippen LogP contribution in [0.2, 0.25) is 0 Å². The lowest BCUT2D eigenvalue weighted by Gasteiger charge is -2.09. The quantitative estimate of drug-likeness (QED) is 0.381. The topological polar surface area (TPSA) is 92.8 Å². The summed E-state index contributed by atoms with van der Waals surface area (Å²) in [7, 11) is 0. The van der Waals surface area contributed by atoms with Gasteiger partial charge in [0.1, 0.15) is 11.6 Å². The van der Waals surface area contributed by atoms with Crippen molar-refractivity contribution in [3.8, 4) is 5.75 Å². The van der Waals surface area contributed by atoms with Gasteiger partial charge < -0.3 is 15.0 Å². The first-order valence-corrected chi connectivity index (χ1v) is 10.7. The van der Waals surface area contributed by atoms with E-state index in [1.165, 1.54) is 47.4 Å². The minimum absolute atomic E-state index is 0.167. The van der Waals surface area contributed by atoms with Crippen LogP contribution in [0.15, 0.2) is 57.7 Å². The van der Waals surface area contributed by atoms with E-state index in [4.69, 9.17) is 0 Å². The highest BCUT2D eigenvalue weighted by Crippen LogP contribution is 2.29. The van der Waals surface area contributed by atoms with Gasteiger partial charge >= 0.3 is 6.36 Å². The number of hydrogen-bond acceptors (Lipinski definition) is 8. The van der Waals surface area contributed by atoms with E-state index in [-0.39, 0.29) is 11.3 Å². The predicted octanol–water partition coefficient (Wildman–Crippen LogP) is 4.75. The van der Waals surface area contributed by atoms with Crippen molar-refractivity contribution in [1.82, 2.24) is 20.2 Å². The van der Waals surface area contributed by atoms with E-state index in [9.17, 15) is 18.0 Å². The molecular formula is C19H14F3N5O2S2. The molecule has 0 unspecified atom stereocenters. The van der Waals surface area contributed by atoms with Crippen LogP contribution in [0, 0.1) is 0 Å². The zero-order chi connectivity index (χ0) is 21.8. The Morgan fingerprint density at radius 3 is 2.65 bits per heavy atom. The van der Waals surface area contributed by atoms with Crippen LogP contribution in [0.5, 0.6) is 5.75 Å². The number of fused-ring (bicyclic) bond motifs is 1. The van der Waals surface area contributed by atoms with E-state index in [0.717, 1.165) is 0 Å². The zero-order valence-electron chi connectivity index (χ0n) is 15.6. The molecule has 12 heteroatoms. The molecule has 160 valence electrons. The van der Waals surface area contributed by atoms with Crippen molar-refractivity contribution in [1.29, 1.82) is 0 Å². The summed E-state index contributed by atoms with van der Waals surface area (Å²) in [6.45, 7) is 0. The molecule has 7 nitrogen and oxygen atoms in total. The van der Waals surface area contributed by atoms with Crippen molar-refractivity contribution in [2.24, 2.45) is 0 Å². The maximum Gasteiger partial charge on any atom is 0.573 e. The molecule has 0 saturated heterocycles. The van der Waals surface area contributed by atoms with E-state index in [2.05, 4.69) is 30.2 Å². The fraction of sp³-hybridized carbons (Fsp3) is 0.158. The fourth-order valence-corrected chi connectivity index (χ4v) is 4.46.